The number of fused-ring (bicyclic) bond motifs is 1. The van der Waals surface area contributed by atoms with Crippen LogP contribution in [-0.2, 0) is 0 Å². The average Bonchev–Trinajstić information content (AvgIpc) is 3.12. The molecule has 1 fully saturated rings. The van der Waals surface area contributed by atoms with Crippen LogP contribution < -0.4 is 15.0 Å². The third-order valence-corrected chi connectivity index (χ3v) is 4.37. The van der Waals surface area contributed by atoms with E-state index in [1.807, 2.05) is 36.0 Å². The third kappa shape index (κ3) is 3.33. The summed E-state index contributed by atoms with van der Waals surface area (Å²) >= 11 is 0. The van der Waals surface area contributed by atoms with E-state index in [-0.39, 0.29) is 0 Å². The van der Waals surface area contributed by atoms with Crippen LogP contribution in [0.2, 0.25) is 0 Å². The zero-order valence-electron chi connectivity index (χ0n) is 14.2. The van der Waals surface area contributed by atoms with Crippen LogP contribution in [0.4, 0.5) is 11.6 Å². The topological polar surface area (TPSA) is 80.5 Å². The van der Waals surface area contributed by atoms with Gasteiger partial charge in [-0.3, -0.25) is 0 Å². The monoisotopic (exact) mass is 339 g/mol. The van der Waals surface area contributed by atoms with Gasteiger partial charge in [0.15, 0.2) is 11.5 Å². The van der Waals surface area contributed by atoms with E-state index in [4.69, 9.17) is 4.74 Å². The maximum atomic E-state index is 5.43. The summed E-state index contributed by atoms with van der Waals surface area (Å²) < 4.78 is 7.43. The fraction of sp³-hybridized carbons (Fsp3) is 0.412. The lowest BCUT2D eigenvalue weighted by atomic mass is 10.1. The van der Waals surface area contributed by atoms with Gasteiger partial charge in [-0.2, -0.15) is 0 Å². The lowest BCUT2D eigenvalue weighted by molar-refractivity contribution is 0.326. The molecule has 4 heterocycles. The minimum atomic E-state index is 0.375. The van der Waals surface area contributed by atoms with Crippen LogP contribution in [0.25, 0.3) is 5.65 Å². The molecule has 0 spiro atoms. The van der Waals surface area contributed by atoms with Crippen molar-refractivity contribution in [2.24, 2.45) is 0 Å². The average molecular weight is 339 g/mol. The number of nitrogens with zero attached hydrogens (tertiary/aromatic N) is 6. The minimum absolute atomic E-state index is 0.375. The van der Waals surface area contributed by atoms with E-state index >= 15 is 0 Å². The minimum Gasteiger partial charge on any atom is -0.478 e. The zero-order chi connectivity index (χ0) is 17.1. The first-order chi connectivity index (χ1) is 12.3. The molecule has 1 aliphatic heterocycles. The van der Waals surface area contributed by atoms with Crippen LogP contribution in [0, 0.1) is 0 Å². The maximum absolute atomic E-state index is 5.43. The number of rotatable bonds is 5. The van der Waals surface area contributed by atoms with Crippen LogP contribution in [0.5, 0.6) is 5.88 Å². The predicted octanol–water partition coefficient (Wildman–Crippen LogP) is 2.00. The SMILES string of the molecule is CCOc1cc(NC2CCN(c3nccn4ccnc34)CC2)ncn1. The van der Waals surface area contributed by atoms with Gasteiger partial charge >= 0.3 is 0 Å². The molecule has 25 heavy (non-hydrogen) atoms. The number of anilines is 2. The summed E-state index contributed by atoms with van der Waals surface area (Å²) in [5.74, 6) is 2.37. The Balaban J connectivity index is 1.40. The molecule has 8 heteroatoms. The van der Waals surface area contributed by atoms with Gasteiger partial charge in [0.2, 0.25) is 5.88 Å². The van der Waals surface area contributed by atoms with E-state index in [0.29, 0.717) is 18.5 Å². The van der Waals surface area contributed by atoms with Gasteiger partial charge in [-0.1, -0.05) is 0 Å². The molecule has 0 unspecified atom stereocenters. The molecule has 1 N–H and O–H groups in total. The summed E-state index contributed by atoms with van der Waals surface area (Å²) in [6.07, 6.45) is 11.1. The van der Waals surface area contributed by atoms with Crippen molar-refractivity contribution in [2.75, 3.05) is 29.9 Å². The molecule has 1 saturated heterocycles. The fourth-order valence-corrected chi connectivity index (χ4v) is 3.15. The number of nitrogens with one attached hydrogen (secondary N) is 1. The van der Waals surface area contributed by atoms with E-state index in [2.05, 4.69) is 30.2 Å². The van der Waals surface area contributed by atoms with Gasteiger partial charge < -0.3 is 19.4 Å². The van der Waals surface area contributed by atoms with Crippen molar-refractivity contribution in [1.82, 2.24) is 24.3 Å². The van der Waals surface area contributed by atoms with Crippen molar-refractivity contribution in [1.29, 1.82) is 0 Å². The zero-order valence-corrected chi connectivity index (χ0v) is 14.2. The van der Waals surface area contributed by atoms with Crippen molar-refractivity contribution >= 4 is 17.3 Å². The number of hydrogen-bond donors (Lipinski definition) is 1. The molecule has 8 nitrogen and oxygen atoms in total. The summed E-state index contributed by atoms with van der Waals surface area (Å²) in [5, 5.41) is 3.48. The first-order valence-electron chi connectivity index (χ1n) is 8.57. The first-order valence-corrected chi connectivity index (χ1v) is 8.57. The number of piperidine rings is 1. The first kappa shape index (κ1) is 15.6. The Morgan fingerprint density at radius 3 is 2.72 bits per heavy atom. The lowest BCUT2D eigenvalue weighted by Crippen LogP contribution is -2.39. The highest BCUT2D eigenvalue weighted by Gasteiger charge is 2.22. The second-order valence-corrected chi connectivity index (χ2v) is 5.99. The van der Waals surface area contributed by atoms with E-state index in [9.17, 15) is 0 Å². The fourth-order valence-electron chi connectivity index (χ4n) is 3.15. The Morgan fingerprint density at radius 1 is 1.12 bits per heavy atom. The van der Waals surface area contributed by atoms with Gasteiger partial charge in [0.05, 0.1) is 6.61 Å². The van der Waals surface area contributed by atoms with Gasteiger partial charge in [-0.15, -0.1) is 0 Å². The molecule has 0 saturated carbocycles. The molecule has 0 aromatic carbocycles. The van der Waals surface area contributed by atoms with Crippen molar-refractivity contribution in [3.8, 4) is 5.88 Å². The Morgan fingerprint density at radius 2 is 1.92 bits per heavy atom. The molecular formula is C17H21N7O. The normalized spacial score (nSPS) is 15.5. The third-order valence-electron chi connectivity index (χ3n) is 4.37. The largest absolute Gasteiger partial charge is 0.478 e. The molecule has 3 aromatic heterocycles. The second-order valence-electron chi connectivity index (χ2n) is 5.99. The van der Waals surface area contributed by atoms with Crippen LogP contribution in [-0.4, -0.2) is 50.1 Å². The summed E-state index contributed by atoms with van der Waals surface area (Å²) in [6, 6.07) is 2.22. The second kappa shape index (κ2) is 6.92. The molecule has 4 rings (SSSR count). The van der Waals surface area contributed by atoms with Crippen LogP contribution >= 0.6 is 0 Å². The molecular weight excluding hydrogens is 318 g/mol. The van der Waals surface area contributed by atoms with E-state index < -0.39 is 0 Å². The summed E-state index contributed by atoms with van der Waals surface area (Å²) in [6.45, 7) is 4.40. The highest BCUT2D eigenvalue weighted by Crippen LogP contribution is 2.23. The van der Waals surface area contributed by atoms with Gasteiger partial charge in [0.25, 0.3) is 0 Å². The van der Waals surface area contributed by atoms with Gasteiger partial charge in [-0.05, 0) is 19.8 Å². The van der Waals surface area contributed by atoms with Crippen molar-refractivity contribution in [3.63, 3.8) is 0 Å². The molecule has 3 aromatic rings. The van der Waals surface area contributed by atoms with Crippen LogP contribution in [0.15, 0.2) is 37.2 Å². The van der Waals surface area contributed by atoms with E-state index in [0.717, 1.165) is 43.2 Å². The summed E-state index contributed by atoms with van der Waals surface area (Å²) in [7, 11) is 0. The Labute approximate surface area is 145 Å². The predicted molar refractivity (Wildman–Crippen MR) is 95.0 cm³/mol. The van der Waals surface area contributed by atoms with E-state index in [1.54, 1.807) is 6.20 Å². The highest BCUT2D eigenvalue weighted by molar-refractivity contribution is 5.64. The molecule has 0 atom stereocenters. The Kier molecular flexibility index (Phi) is 4.32. The van der Waals surface area contributed by atoms with Crippen LogP contribution in [0.3, 0.4) is 0 Å². The highest BCUT2D eigenvalue weighted by atomic mass is 16.5. The number of ether oxygens (including phenoxy) is 1. The van der Waals surface area contributed by atoms with Crippen LogP contribution in [0.1, 0.15) is 19.8 Å². The molecule has 130 valence electrons. The lowest BCUT2D eigenvalue weighted by Gasteiger charge is -2.33. The van der Waals surface area contributed by atoms with Gasteiger partial charge in [0, 0.05) is 50.0 Å². The molecule has 0 bridgehead atoms. The standard InChI is InChI=1S/C17H21N7O/c1-2-25-15-11-14(20-12-21-15)22-13-3-7-23(8-4-13)16-17-19-6-10-24(17)9-5-18-16/h5-6,9-13H,2-4,7-8H2,1H3,(H,20,21,22). The quantitative estimate of drug-likeness (QED) is 0.761. The maximum Gasteiger partial charge on any atom is 0.218 e. The molecule has 0 aliphatic carbocycles. The smallest absolute Gasteiger partial charge is 0.218 e. The molecule has 0 amide bonds. The van der Waals surface area contributed by atoms with Crippen molar-refractivity contribution in [3.05, 3.63) is 37.2 Å². The number of imidazole rings is 1. The van der Waals surface area contributed by atoms with Gasteiger partial charge in [0.1, 0.15) is 12.1 Å². The van der Waals surface area contributed by atoms with Crippen molar-refractivity contribution < 1.29 is 4.74 Å². The summed E-state index contributed by atoms with van der Waals surface area (Å²) in [4.78, 5) is 19.6. The Bertz CT molecular complexity index is 842. The Hall–Kier alpha value is -2.90. The van der Waals surface area contributed by atoms with Crippen molar-refractivity contribution in [2.45, 2.75) is 25.8 Å². The number of hydrogen-bond acceptors (Lipinski definition) is 7. The molecule has 0 radical (unpaired) electrons. The van der Waals surface area contributed by atoms with Gasteiger partial charge in [-0.25, -0.2) is 19.9 Å². The van der Waals surface area contributed by atoms with E-state index in [1.165, 1.54) is 6.33 Å². The molecule has 1 aliphatic rings. The number of aromatic nitrogens is 5. The summed E-state index contributed by atoms with van der Waals surface area (Å²) in [5.41, 5.74) is 0.908.